The number of rotatable bonds is 7. The number of benzene rings is 2. The molecule has 1 atom stereocenters. The van der Waals surface area contributed by atoms with E-state index in [1.807, 2.05) is 54.7 Å². The largest absolute Gasteiger partial charge is 0.370 e. The number of anilines is 2. The minimum absolute atomic E-state index is 0.350. The second-order valence-electron chi connectivity index (χ2n) is 7.70. The van der Waals surface area contributed by atoms with Crippen LogP contribution in [0.25, 0.3) is 5.69 Å². The summed E-state index contributed by atoms with van der Waals surface area (Å²) >= 11 is 0. The molecule has 4 rings (SSSR count). The third kappa shape index (κ3) is 4.98. The number of hydrogen-bond acceptors (Lipinski definition) is 6. The lowest BCUT2D eigenvalue weighted by molar-refractivity contribution is 0.321. The van der Waals surface area contributed by atoms with E-state index in [0.29, 0.717) is 11.7 Å². The molecule has 1 aromatic heterocycles. The molecule has 1 aliphatic heterocycles. The van der Waals surface area contributed by atoms with Crippen molar-refractivity contribution in [3.63, 3.8) is 0 Å². The van der Waals surface area contributed by atoms with Gasteiger partial charge in [-0.05, 0) is 36.8 Å². The van der Waals surface area contributed by atoms with Crippen LogP contribution in [0.15, 0.2) is 60.8 Å². The SMILES string of the molecule is CN(c1cccc(NS(C)(=O)=O)c1)C1CCN(Cc2cn(-c3ccccc3)nn2)C1. The van der Waals surface area contributed by atoms with Gasteiger partial charge in [0.05, 0.1) is 29.5 Å². The molecule has 1 aliphatic rings. The minimum Gasteiger partial charge on any atom is -0.370 e. The number of nitrogens with zero attached hydrogens (tertiary/aromatic N) is 5. The number of hydrogen-bond donors (Lipinski definition) is 1. The van der Waals surface area contributed by atoms with Gasteiger partial charge in [-0.1, -0.05) is 29.5 Å². The Hall–Kier alpha value is -2.91. The maximum absolute atomic E-state index is 11.5. The van der Waals surface area contributed by atoms with Crippen LogP contribution >= 0.6 is 0 Å². The van der Waals surface area contributed by atoms with E-state index in [-0.39, 0.29) is 0 Å². The molecular formula is C21H26N6O2S. The number of likely N-dealkylation sites (N-methyl/N-ethyl adjacent to an activating group) is 1. The first-order valence-electron chi connectivity index (χ1n) is 9.87. The Morgan fingerprint density at radius 1 is 1.17 bits per heavy atom. The molecule has 1 N–H and O–H groups in total. The highest BCUT2D eigenvalue weighted by Gasteiger charge is 2.26. The summed E-state index contributed by atoms with van der Waals surface area (Å²) in [5, 5.41) is 8.56. The van der Waals surface area contributed by atoms with Crippen LogP contribution in [0.5, 0.6) is 0 Å². The first-order valence-corrected chi connectivity index (χ1v) is 11.8. The lowest BCUT2D eigenvalue weighted by atomic mass is 10.2. The second kappa shape index (κ2) is 8.45. The predicted molar refractivity (Wildman–Crippen MR) is 118 cm³/mol. The van der Waals surface area contributed by atoms with E-state index in [9.17, 15) is 8.42 Å². The third-order valence-electron chi connectivity index (χ3n) is 5.30. The van der Waals surface area contributed by atoms with Gasteiger partial charge < -0.3 is 4.90 Å². The molecule has 0 radical (unpaired) electrons. The average molecular weight is 427 g/mol. The summed E-state index contributed by atoms with van der Waals surface area (Å²) in [6, 6.07) is 17.8. The van der Waals surface area contributed by atoms with E-state index >= 15 is 0 Å². The van der Waals surface area contributed by atoms with Gasteiger partial charge in [0.2, 0.25) is 10.0 Å². The van der Waals surface area contributed by atoms with Gasteiger partial charge >= 0.3 is 0 Å². The van der Waals surface area contributed by atoms with Crippen molar-refractivity contribution in [2.24, 2.45) is 0 Å². The van der Waals surface area contributed by atoms with Crippen molar-refractivity contribution in [2.45, 2.75) is 19.0 Å². The van der Waals surface area contributed by atoms with E-state index in [4.69, 9.17) is 0 Å². The standard InChI is InChI=1S/C21H26N6O2S/c1-25(20-10-6-7-17(13-20)23-30(2,28)29)21-11-12-26(16-21)14-18-15-27(24-22-18)19-8-4-3-5-9-19/h3-10,13,15,21,23H,11-12,14,16H2,1-2H3. The van der Waals surface area contributed by atoms with Gasteiger partial charge in [-0.3, -0.25) is 9.62 Å². The molecule has 30 heavy (non-hydrogen) atoms. The topological polar surface area (TPSA) is 83.4 Å². The summed E-state index contributed by atoms with van der Waals surface area (Å²) in [7, 11) is -1.24. The van der Waals surface area contributed by atoms with E-state index < -0.39 is 10.0 Å². The smallest absolute Gasteiger partial charge is 0.229 e. The molecule has 0 aliphatic carbocycles. The Morgan fingerprint density at radius 2 is 1.97 bits per heavy atom. The second-order valence-corrected chi connectivity index (χ2v) is 9.45. The maximum Gasteiger partial charge on any atom is 0.229 e. The van der Waals surface area contributed by atoms with Gasteiger partial charge in [0.15, 0.2) is 0 Å². The summed E-state index contributed by atoms with van der Waals surface area (Å²) in [6.45, 7) is 2.65. The molecule has 0 spiro atoms. The van der Waals surface area contributed by atoms with Gasteiger partial charge in [0, 0.05) is 38.4 Å². The van der Waals surface area contributed by atoms with Crippen LogP contribution in [0.4, 0.5) is 11.4 Å². The molecular weight excluding hydrogens is 400 g/mol. The Balaban J connectivity index is 1.38. The molecule has 1 unspecified atom stereocenters. The van der Waals surface area contributed by atoms with Crippen molar-refractivity contribution in [2.75, 3.05) is 36.0 Å². The molecule has 0 saturated carbocycles. The highest BCUT2D eigenvalue weighted by Crippen LogP contribution is 2.25. The van der Waals surface area contributed by atoms with Crippen molar-refractivity contribution < 1.29 is 8.42 Å². The first-order chi connectivity index (χ1) is 14.4. The summed E-state index contributed by atoms with van der Waals surface area (Å²) in [5.41, 5.74) is 3.51. The number of sulfonamides is 1. The predicted octanol–water partition coefficient (Wildman–Crippen LogP) is 2.35. The number of aromatic nitrogens is 3. The molecule has 1 fully saturated rings. The van der Waals surface area contributed by atoms with Crippen LogP contribution in [0.1, 0.15) is 12.1 Å². The third-order valence-corrected chi connectivity index (χ3v) is 5.91. The van der Waals surface area contributed by atoms with Gasteiger partial charge in [-0.2, -0.15) is 0 Å². The summed E-state index contributed by atoms with van der Waals surface area (Å²) < 4.78 is 27.3. The van der Waals surface area contributed by atoms with Crippen LogP contribution in [0.3, 0.4) is 0 Å². The van der Waals surface area contributed by atoms with Crippen LogP contribution < -0.4 is 9.62 Å². The summed E-state index contributed by atoms with van der Waals surface area (Å²) in [4.78, 5) is 4.59. The fourth-order valence-electron chi connectivity index (χ4n) is 3.79. The van der Waals surface area contributed by atoms with Crippen molar-refractivity contribution in [1.29, 1.82) is 0 Å². The highest BCUT2D eigenvalue weighted by molar-refractivity contribution is 7.92. The lowest BCUT2D eigenvalue weighted by Gasteiger charge is -2.27. The molecule has 2 aromatic carbocycles. The Bertz CT molecular complexity index is 1100. The van der Waals surface area contributed by atoms with Crippen molar-refractivity contribution in [3.8, 4) is 5.69 Å². The normalized spacial score (nSPS) is 17.2. The lowest BCUT2D eigenvalue weighted by Crippen LogP contribution is -2.34. The van der Waals surface area contributed by atoms with Crippen LogP contribution in [-0.4, -0.2) is 60.7 Å². The molecule has 3 aromatic rings. The molecule has 158 valence electrons. The summed E-state index contributed by atoms with van der Waals surface area (Å²) in [5.74, 6) is 0. The molecule has 8 nitrogen and oxygen atoms in total. The fourth-order valence-corrected chi connectivity index (χ4v) is 4.35. The van der Waals surface area contributed by atoms with Crippen molar-refractivity contribution in [3.05, 3.63) is 66.5 Å². The maximum atomic E-state index is 11.5. The molecule has 0 bridgehead atoms. The van der Waals surface area contributed by atoms with Crippen LogP contribution in [-0.2, 0) is 16.6 Å². The molecule has 2 heterocycles. The quantitative estimate of drug-likeness (QED) is 0.624. The van der Waals surface area contributed by atoms with Crippen molar-refractivity contribution in [1.82, 2.24) is 19.9 Å². The van der Waals surface area contributed by atoms with Gasteiger partial charge in [0.25, 0.3) is 0 Å². The van der Waals surface area contributed by atoms with E-state index in [2.05, 4.69) is 31.9 Å². The van der Waals surface area contributed by atoms with E-state index in [1.54, 1.807) is 10.7 Å². The highest BCUT2D eigenvalue weighted by atomic mass is 32.2. The average Bonchev–Trinajstić information content (AvgIpc) is 3.37. The van der Waals surface area contributed by atoms with Gasteiger partial charge in [-0.15, -0.1) is 5.10 Å². The van der Waals surface area contributed by atoms with Gasteiger partial charge in [-0.25, -0.2) is 13.1 Å². The van der Waals surface area contributed by atoms with E-state index in [0.717, 1.165) is 49.4 Å². The van der Waals surface area contributed by atoms with Gasteiger partial charge in [0.1, 0.15) is 0 Å². The zero-order chi connectivity index (χ0) is 21.1. The number of nitrogens with one attached hydrogen (secondary N) is 1. The van der Waals surface area contributed by atoms with Crippen LogP contribution in [0.2, 0.25) is 0 Å². The monoisotopic (exact) mass is 426 g/mol. The minimum atomic E-state index is -3.29. The Morgan fingerprint density at radius 3 is 2.73 bits per heavy atom. The van der Waals surface area contributed by atoms with Crippen molar-refractivity contribution >= 4 is 21.4 Å². The van der Waals surface area contributed by atoms with E-state index in [1.165, 1.54) is 0 Å². The van der Waals surface area contributed by atoms with Crippen LogP contribution in [0, 0.1) is 0 Å². The molecule has 1 saturated heterocycles. The fraction of sp³-hybridized carbons (Fsp3) is 0.333. The zero-order valence-corrected chi connectivity index (χ0v) is 18.0. The summed E-state index contributed by atoms with van der Waals surface area (Å²) in [6.07, 6.45) is 4.17. The zero-order valence-electron chi connectivity index (χ0n) is 17.1. The Labute approximate surface area is 177 Å². The molecule has 9 heteroatoms. The first kappa shape index (κ1) is 20.4. The molecule has 0 amide bonds. The Kier molecular flexibility index (Phi) is 5.74. The number of para-hydroxylation sites is 1. The number of likely N-dealkylation sites (tertiary alicyclic amines) is 1.